The molecule has 4 N–H and O–H groups in total. The zero-order chi connectivity index (χ0) is 14.1. The van der Waals surface area contributed by atoms with Gasteiger partial charge in [-0.25, -0.2) is 0 Å². The molecular formula is C14H11ClN4O. The van der Waals surface area contributed by atoms with Crippen molar-refractivity contribution in [2.75, 3.05) is 11.1 Å². The SMILES string of the molecule is Nc1cc(C(=O)Nc2cccc3cn[nH]c23)ccc1Cl. The molecule has 0 saturated heterocycles. The maximum absolute atomic E-state index is 12.2. The second-order valence-corrected chi connectivity index (χ2v) is 4.74. The maximum Gasteiger partial charge on any atom is 0.255 e. The number of hydrogen-bond acceptors (Lipinski definition) is 3. The van der Waals surface area contributed by atoms with Crippen LogP contribution in [0.1, 0.15) is 10.4 Å². The number of halogens is 1. The molecule has 0 saturated carbocycles. The highest BCUT2D eigenvalue weighted by atomic mass is 35.5. The molecule has 100 valence electrons. The van der Waals surface area contributed by atoms with Crippen molar-refractivity contribution < 1.29 is 4.79 Å². The summed E-state index contributed by atoms with van der Waals surface area (Å²) in [6, 6.07) is 10.3. The third kappa shape index (κ3) is 2.19. The monoisotopic (exact) mass is 286 g/mol. The Bertz CT molecular complexity index is 797. The van der Waals surface area contributed by atoms with E-state index in [1.165, 1.54) is 0 Å². The van der Waals surface area contributed by atoms with Crippen LogP contribution in [0.25, 0.3) is 10.9 Å². The molecule has 1 amide bonds. The van der Waals surface area contributed by atoms with Gasteiger partial charge < -0.3 is 11.1 Å². The molecule has 1 aromatic heterocycles. The molecule has 3 aromatic rings. The molecule has 3 rings (SSSR count). The van der Waals surface area contributed by atoms with Gasteiger partial charge in [0.15, 0.2) is 0 Å². The van der Waals surface area contributed by atoms with Crippen molar-refractivity contribution in [3.63, 3.8) is 0 Å². The normalized spacial score (nSPS) is 10.7. The summed E-state index contributed by atoms with van der Waals surface area (Å²) >= 11 is 5.84. The number of benzene rings is 2. The second kappa shape index (κ2) is 4.86. The van der Waals surface area contributed by atoms with Crippen molar-refractivity contribution in [2.24, 2.45) is 0 Å². The predicted molar refractivity (Wildman–Crippen MR) is 79.9 cm³/mol. The van der Waals surface area contributed by atoms with Gasteiger partial charge in [-0.1, -0.05) is 23.7 Å². The Morgan fingerprint density at radius 2 is 2.15 bits per heavy atom. The lowest BCUT2D eigenvalue weighted by atomic mass is 10.1. The van der Waals surface area contributed by atoms with E-state index in [1.807, 2.05) is 12.1 Å². The number of para-hydroxylation sites is 1. The van der Waals surface area contributed by atoms with Gasteiger partial charge in [-0.05, 0) is 24.3 Å². The zero-order valence-corrected chi connectivity index (χ0v) is 11.1. The first-order valence-corrected chi connectivity index (χ1v) is 6.31. The summed E-state index contributed by atoms with van der Waals surface area (Å²) in [6.45, 7) is 0. The van der Waals surface area contributed by atoms with Crippen LogP contribution in [0.4, 0.5) is 11.4 Å². The summed E-state index contributed by atoms with van der Waals surface area (Å²) in [5.74, 6) is -0.254. The molecule has 0 aliphatic heterocycles. The Kier molecular flexibility index (Phi) is 3.04. The van der Waals surface area contributed by atoms with Crippen LogP contribution in [0.15, 0.2) is 42.6 Å². The number of amides is 1. The third-order valence-corrected chi connectivity index (χ3v) is 3.33. The molecule has 0 bridgehead atoms. The van der Waals surface area contributed by atoms with E-state index in [1.54, 1.807) is 30.5 Å². The number of nitrogens with one attached hydrogen (secondary N) is 2. The van der Waals surface area contributed by atoms with E-state index in [9.17, 15) is 4.79 Å². The first kappa shape index (κ1) is 12.5. The zero-order valence-electron chi connectivity index (χ0n) is 10.4. The van der Waals surface area contributed by atoms with Gasteiger partial charge in [-0.2, -0.15) is 5.10 Å². The fourth-order valence-corrected chi connectivity index (χ4v) is 2.07. The summed E-state index contributed by atoms with van der Waals surface area (Å²) in [5, 5.41) is 11.0. The predicted octanol–water partition coefficient (Wildman–Crippen LogP) is 3.05. The fourth-order valence-electron chi connectivity index (χ4n) is 1.95. The summed E-state index contributed by atoms with van der Waals surface area (Å²) in [4.78, 5) is 12.2. The summed E-state index contributed by atoms with van der Waals surface area (Å²) in [6.07, 6.45) is 1.70. The Labute approximate surface area is 119 Å². The third-order valence-electron chi connectivity index (χ3n) is 2.98. The molecule has 0 aliphatic carbocycles. The van der Waals surface area contributed by atoms with Gasteiger partial charge in [0.2, 0.25) is 0 Å². The van der Waals surface area contributed by atoms with E-state index in [0.29, 0.717) is 22.0 Å². The minimum Gasteiger partial charge on any atom is -0.398 e. The summed E-state index contributed by atoms with van der Waals surface area (Å²) < 4.78 is 0. The quantitative estimate of drug-likeness (QED) is 0.633. The average molecular weight is 287 g/mol. The highest BCUT2D eigenvalue weighted by molar-refractivity contribution is 6.33. The average Bonchev–Trinajstić information content (AvgIpc) is 2.91. The molecule has 2 aromatic carbocycles. The highest BCUT2D eigenvalue weighted by Crippen LogP contribution is 2.23. The molecule has 1 heterocycles. The molecule has 0 radical (unpaired) electrons. The molecule has 0 spiro atoms. The number of aromatic nitrogens is 2. The first-order chi connectivity index (χ1) is 9.65. The van der Waals surface area contributed by atoms with E-state index in [-0.39, 0.29) is 5.91 Å². The number of hydrogen-bond donors (Lipinski definition) is 3. The number of nitrogens with two attached hydrogens (primary N) is 1. The number of carbonyl (C=O) groups is 1. The van der Waals surface area contributed by atoms with Gasteiger partial charge in [0.1, 0.15) is 0 Å². The van der Waals surface area contributed by atoms with Gasteiger partial charge in [0, 0.05) is 10.9 Å². The molecule has 0 atom stereocenters. The largest absolute Gasteiger partial charge is 0.398 e. The Hall–Kier alpha value is -2.53. The number of nitrogens with zero attached hydrogens (tertiary/aromatic N) is 1. The first-order valence-electron chi connectivity index (χ1n) is 5.93. The van der Waals surface area contributed by atoms with Gasteiger partial charge in [0.05, 0.1) is 28.1 Å². The minimum atomic E-state index is -0.254. The van der Waals surface area contributed by atoms with Crippen LogP contribution in [-0.4, -0.2) is 16.1 Å². The molecule has 20 heavy (non-hydrogen) atoms. The Morgan fingerprint density at radius 1 is 1.30 bits per heavy atom. The number of aromatic amines is 1. The van der Waals surface area contributed by atoms with Gasteiger partial charge in [-0.15, -0.1) is 0 Å². The van der Waals surface area contributed by atoms with Crippen molar-refractivity contribution >= 4 is 39.8 Å². The molecule has 5 nitrogen and oxygen atoms in total. The van der Waals surface area contributed by atoms with Crippen molar-refractivity contribution in [2.45, 2.75) is 0 Å². The van der Waals surface area contributed by atoms with Crippen LogP contribution in [-0.2, 0) is 0 Å². The van der Waals surface area contributed by atoms with E-state index in [0.717, 1.165) is 10.9 Å². The fraction of sp³-hybridized carbons (Fsp3) is 0. The molecule has 6 heteroatoms. The van der Waals surface area contributed by atoms with Crippen LogP contribution in [0.3, 0.4) is 0 Å². The van der Waals surface area contributed by atoms with Crippen molar-refractivity contribution in [1.29, 1.82) is 0 Å². The number of fused-ring (bicyclic) bond motifs is 1. The van der Waals surface area contributed by atoms with Gasteiger partial charge in [-0.3, -0.25) is 9.89 Å². The van der Waals surface area contributed by atoms with E-state index in [4.69, 9.17) is 17.3 Å². The minimum absolute atomic E-state index is 0.254. The Balaban J connectivity index is 1.92. The maximum atomic E-state index is 12.2. The summed E-state index contributed by atoms with van der Waals surface area (Å²) in [5.41, 5.74) is 7.97. The lowest BCUT2D eigenvalue weighted by molar-refractivity contribution is 0.102. The molecular weight excluding hydrogens is 276 g/mol. The highest BCUT2D eigenvalue weighted by Gasteiger charge is 2.10. The summed E-state index contributed by atoms with van der Waals surface area (Å²) in [7, 11) is 0. The number of H-pyrrole nitrogens is 1. The topological polar surface area (TPSA) is 83.8 Å². The van der Waals surface area contributed by atoms with Crippen molar-refractivity contribution in [3.05, 3.63) is 53.2 Å². The number of nitrogen functional groups attached to an aromatic ring is 1. The smallest absolute Gasteiger partial charge is 0.255 e. The molecule has 0 unspecified atom stereocenters. The standard InChI is InChI=1S/C14H11ClN4O/c15-10-5-4-8(6-11(10)16)14(20)18-12-3-1-2-9-7-17-19-13(9)12/h1-7H,16H2,(H,17,19)(H,18,20). The molecule has 0 aliphatic rings. The lowest BCUT2D eigenvalue weighted by Crippen LogP contribution is -2.12. The number of rotatable bonds is 2. The number of carbonyl (C=O) groups excluding carboxylic acids is 1. The van der Waals surface area contributed by atoms with Crippen LogP contribution in [0.5, 0.6) is 0 Å². The van der Waals surface area contributed by atoms with Crippen LogP contribution < -0.4 is 11.1 Å². The Morgan fingerprint density at radius 3 is 2.95 bits per heavy atom. The van der Waals surface area contributed by atoms with Gasteiger partial charge >= 0.3 is 0 Å². The van der Waals surface area contributed by atoms with Crippen LogP contribution >= 0.6 is 11.6 Å². The van der Waals surface area contributed by atoms with E-state index >= 15 is 0 Å². The van der Waals surface area contributed by atoms with E-state index < -0.39 is 0 Å². The van der Waals surface area contributed by atoms with Crippen LogP contribution in [0.2, 0.25) is 5.02 Å². The lowest BCUT2D eigenvalue weighted by Gasteiger charge is -2.07. The van der Waals surface area contributed by atoms with Crippen LogP contribution in [0, 0.1) is 0 Å². The second-order valence-electron chi connectivity index (χ2n) is 4.33. The molecule has 0 fully saturated rings. The van der Waals surface area contributed by atoms with Gasteiger partial charge in [0.25, 0.3) is 5.91 Å². The van der Waals surface area contributed by atoms with E-state index in [2.05, 4.69) is 15.5 Å². The number of anilines is 2. The van der Waals surface area contributed by atoms with Crippen molar-refractivity contribution in [3.8, 4) is 0 Å². The van der Waals surface area contributed by atoms with Crippen molar-refractivity contribution in [1.82, 2.24) is 10.2 Å².